The van der Waals surface area contributed by atoms with Crippen LogP contribution in [-0.4, -0.2) is 81.1 Å². The molecule has 0 radical (unpaired) electrons. The van der Waals surface area contributed by atoms with Crippen LogP contribution in [0.4, 0.5) is 16.2 Å². The van der Waals surface area contributed by atoms with E-state index in [-0.39, 0.29) is 6.04 Å². The van der Waals surface area contributed by atoms with Gasteiger partial charge >= 0.3 is 0 Å². The molecule has 33 heavy (non-hydrogen) atoms. The number of likely N-dealkylation sites (tertiary alicyclic amines) is 1. The largest absolute Gasteiger partial charge is 0.378 e. The lowest BCUT2D eigenvalue weighted by atomic mass is 10.0. The number of nitrogens with zero attached hydrogens (tertiary/aromatic N) is 6. The minimum Gasteiger partial charge on any atom is -0.378 e. The summed E-state index contributed by atoms with van der Waals surface area (Å²) < 4.78 is 21.9. The monoisotopic (exact) mass is 448 g/mol. The van der Waals surface area contributed by atoms with Crippen molar-refractivity contribution in [3.8, 4) is 11.3 Å². The number of ether oxygens (including phenoxy) is 1. The number of fused-ring (bicyclic) bond motifs is 2. The number of alkyl halides is 1. The predicted molar refractivity (Wildman–Crippen MR) is 124 cm³/mol. The number of rotatable bonds is 5. The molecule has 2 aliphatic heterocycles. The van der Waals surface area contributed by atoms with Gasteiger partial charge in [0.15, 0.2) is 5.82 Å². The molecular weight excluding hydrogens is 423 g/mol. The van der Waals surface area contributed by atoms with Crippen LogP contribution in [0.15, 0.2) is 42.7 Å². The predicted octanol–water partition coefficient (Wildman–Crippen LogP) is 2.60. The highest BCUT2D eigenvalue weighted by Crippen LogP contribution is 2.30. The summed E-state index contributed by atoms with van der Waals surface area (Å²) in [6.45, 7) is 2.65. The fraction of sp³-hybridized carbons (Fsp3) is 0.391. The van der Waals surface area contributed by atoms with Crippen molar-refractivity contribution in [2.24, 2.45) is 0 Å². The number of aromatic nitrogens is 5. The summed E-state index contributed by atoms with van der Waals surface area (Å²) in [5, 5.41) is 11.0. The average molecular weight is 449 g/mol. The summed E-state index contributed by atoms with van der Waals surface area (Å²) >= 11 is 0. The molecule has 2 N–H and O–H groups in total. The second kappa shape index (κ2) is 8.20. The third-order valence-corrected chi connectivity index (χ3v) is 6.50. The van der Waals surface area contributed by atoms with E-state index in [1.54, 1.807) is 10.7 Å². The number of hydrogen-bond donors (Lipinski definition) is 2. The summed E-state index contributed by atoms with van der Waals surface area (Å²) in [4.78, 5) is 15.9. The average Bonchev–Trinajstić information content (AvgIpc) is 3.23. The smallest absolute Gasteiger partial charge is 0.243 e. The van der Waals surface area contributed by atoms with Gasteiger partial charge in [-0.3, -0.25) is 9.88 Å². The molecule has 2 fully saturated rings. The Morgan fingerprint density at radius 3 is 2.82 bits per heavy atom. The molecule has 2 atom stereocenters. The molecule has 0 saturated carbocycles. The highest BCUT2D eigenvalue weighted by atomic mass is 19.1. The van der Waals surface area contributed by atoms with Gasteiger partial charge in [-0.05, 0) is 36.8 Å². The molecule has 0 amide bonds. The Labute approximate surface area is 190 Å². The van der Waals surface area contributed by atoms with Gasteiger partial charge in [-0.2, -0.15) is 4.98 Å². The van der Waals surface area contributed by atoms with Gasteiger partial charge in [0.1, 0.15) is 11.7 Å². The number of hydrogen-bond acceptors (Lipinski definition) is 8. The van der Waals surface area contributed by atoms with Crippen LogP contribution >= 0.6 is 0 Å². The Balaban J connectivity index is 1.28. The van der Waals surface area contributed by atoms with Crippen LogP contribution < -0.4 is 10.6 Å². The van der Waals surface area contributed by atoms with Crippen LogP contribution in [0, 0.1) is 0 Å². The molecule has 0 spiro atoms. The van der Waals surface area contributed by atoms with Gasteiger partial charge in [-0.25, -0.2) is 13.9 Å². The molecule has 10 heteroatoms. The molecule has 2 saturated heterocycles. The fourth-order valence-corrected chi connectivity index (χ4v) is 4.60. The third kappa shape index (κ3) is 3.65. The van der Waals surface area contributed by atoms with Gasteiger partial charge in [-0.1, -0.05) is 0 Å². The van der Waals surface area contributed by atoms with E-state index in [4.69, 9.17) is 9.72 Å². The maximum atomic E-state index is 14.9. The van der Waals surface area contributed by atoms with E-state index < -0.39 is 6.17 Å². The van der Waals surface area contributed by atoms with E-state index in [9.17, 15) is 4.39 Å². The summed E-state index contributed by atoms with van der Waals surface area (Å²) in [5.41, 5.74) is 4.22. The zero-order valence-electron chi connectivity index (χ0n) is 18.3. The minimum atomic E-state index is -0.993. The lowest BCUT2D eigenvalue weighted by Gasteiger charge is -2.42. The van der Waals surface area contributed by atoms with Crippen LogP contribution in [0.2, 0.25) is 0 Å². The second-order valence-electron chi connectivity index (χ2n) is 8.54. The van der Waals surface area contributed by atoms with Crippen LogP contribution in [0.25, 0.3) is 27.8 Å². The van der Waals surface area contributed by atoms with Crippen molar-refractivity contribution in [2.45, 2.75) is 24.7 Å². The quantitative estimate of drug-likeness (QED) is 0.481. The summed E-state index contributed by atoms with van der Waals surface area (Å²) in [5.74, 6) is 1.05. The Hall–Kier alpha value is -3.37. The van der Waals surface area contributed by atoms with Crippen molar-refractivity contribution >= 4 is 28.3 Å². The highest BCUT2D eigenvalue weighted by Gasteiger charge is 2.35. The molecule has 2 aliphatic rings. The highest BCUT2D eigenvalue weighted by molar-refractivity contribution is 5.89. The van der Waals surface area contributed by atoms with E-state index in [0.29, 0.717) is 44.0 Å². The van der Waals surface area contributed by atoms with Crippen molar-refractivity contribution in [2.75, 3.05) is 44.0 Å². The van der Waals surface area contributed by atoms with E-state index in [1.807, 2.05) is 43.6 Å². The van der Waals surface area contributed by atoms with Crippen LogP contribution in [-0.2, 0) is 4.74 Å². The molecule has 0 aromatic carbocycles. The molecule has 4 aromatic heterocycles. The minimum absolute atomic E-state index is 0.325. The molecule has 6 rings (SSSR count). The first-order chi connectivity index (χ1) is 16.2. The number of anilines is 2. The first-order valence-corrected chi connectivity index (χ1v) is 11.2. The van der Waals surface area contributed by atoms with Gasteiger partial charge in [0.05, 0.1) is 42.0 Å². The van der Waals surface area contributed by atoms with E-state index in [0.717, 1.165) is 34.4 Å². The Kier molecular flexibility index (Phi) is 5.03. The van der Waals surface area contributed by atoms with Crippen molar-refractivity contribution < 1.29 is 9.13 Å². The second-order valence-corrected chi connectivity index (χ2v) is 8.54. The molecule has 0 bridgehead atoms. The van der Waals surface area contributed by atoms with E-state index >= 15 is 0 Å². The van der Waals surface area contributed by atoms with Gasteiger partial charge < -0.3 is 15.4 Å². The Morgan fingerprint density at radius 2 is 2.03 bits per heavy atom. The normalized spacial score (nSPS) is 21.9. The Bertz CT molecular complexity index is 1310. The molecule has 0 unspecified atom stereocenters. The first kappa shape index (κ1) is 20.3. The summed E-state index contributed by atoms with van der Waals surface area (Å²) in [6.07, 6.45) is 3.33. The van der Waals surface area contributed by atoms with Crippen molar-refractivity contribution in [1.82, 2.24) is 29.5 Å². The molecule has 9 nitrogen and oxygen atoms in total. The maximum Gasteiger partial charge on any atom is 0.243 e. The van der Waals surface area contributed by atoms with E-state index in [1.165, 1.54) is 0 Å². The maximum absolute atomic E-state index is 14.9. The molecule has 6 heterocycles. The summed E-state index contributed by atoms with van der Waals surface area (Å²) in [6, 6.07) is 9.72. The first-order valence-electron chi connectivity index (χ1n) is 11.2. The SMILES string of the molecule is CNc1nc(N[C@@H]2CCN(C3COC3)C[C@@H]2F)nn2ccc(-c3ccc4ncccc4n3)c12. The fourth-order valence-electron chi connectivity index (χ4n) is 4.60. The van der Waals surface area contributed by atoms with Crippen molar-refractivity contribution in [3.05, 3.63) is 42.7 Å². The zero-order chi connectivity index (χ0) is 22.4. The Morgan fingerprint density at radius 1 is 1.12 bits per heavy atom. The van der Waals surface area contributed by atoms with Crippen LogP contribution in [0.1, 0.15) is 6.42 Å². The molecule has 170 valence electrons. The van der Waals surface area contributed by atoms with Gasteiger partial charge in [0.25, 0.3) is 0 Å². The van der Waals surface area contributed by atoms with Gasteiger partial charge in [0, 0.05) is 38.1 Å². The van der Waals surface area contributed by atoms with Gasteiger partial charge in [0.2, 0.25) is 5.95 Å². The van der Waals surface area contributed by atoms with Crippen molar-refractivity contribution in [1.29, 1.82) is 0 Å². The van der Waals surface area contributed by atoms with E-state index in [2.05, 4.69) is 30.6 Å². The number of pyridine rings is 2. The number of nitrogens with one attached hydrogen (secondary N) is 2. The topological polar surface area (TPSA) is 92.5 Å². The molecule has 0 aliphatic carbocycles. The summed E-state index contributed by atoms with van der Waals surface area (Å²) in [7, 11) is 1.82. The number of halogens is 1. The van der Waals surface area contributed by atoms with Crippen LogP contribution in [0.3, 0.4) is 0 Å². The van der Waals surface area contributed by atoms with Crippen LogP contribution in [0.5, 0.6) is 0 Å². The van der Waals surface area contributed by atoms with Crippen molar-refractivity contribution in [3.63, 3.8) is 0 Å². The van der Waals surface area contributed by atoms with Gasteiger partial charge in [-0.15, -0.1) is 5.10 Å². The molecule has 4 aromatic rings. The zero-order valence-corrected chi connectivity index (χ0v) is 18.3. The molecular formula is C23H25FN8O. The number of piperidine rings is 1. The third-order valence-electron chi connectivity index (χ3n) is 6.50. The lowest BCUT2D eigenvalue weighted by molar-refractivity contribution is -0.0794. The standard InChI is InChI=1S/C23H25FN8O/c1-25-22-21-15(17-4-5-19-20(27-17)3-2-8-26-19)6-10-32(21)30-23(29-22)28-18-7-9-31(11-16(18)24)14-12-33-13-14/h2-6,8,10,14,16,18H,7,9,11-13H2,1H3,(H2,25,28,29,30)/t16-,18+/m0/s1. The lowest BCUT2D eigenvalue weighted by Crippen LogP contribution is -2.57.